The van der Waals surface area contributed by atoms with E-state index in [0.29, 0.717) is 39.2 Å². The van der Waals surface area contributed by atoms with Crippen LogP contribution in [0.5, 0.6) is 0 Å². The number of ether oxygens (including phenoxy) is 4. The second-order valence-corrected chi connectivity index (χ2v) is 11.4. The third kappa shape index (κ3) is 10.4. The highest BCUT2D eigenvalue weighted by molar-refractivity contribution is 5.73. The Kier molecular flexibility index (Phi) is 14.9. The summed E-state index contributed by atoms with van der Waals surface area (Å²) in [5, 5.41) is 2.87. The van der Waals surface area contributed by atoms with Crippen LogP contribution in [0.3, 0.4) is 0 Å². The predicted octanol–water partition coefficient (Wildman–Crippen LogP) is 7.06. The van der Waals surface area contributed by atoms with Gasteiger partial charge in [-0.3, -0.25) is 4.79 Å². The minimum atomic E-state index is -0.277. The van der Waals surface area contributed by atoms with Gasteiger partial charge in [0.05, 0.1) is 12.2 Å². The van der Waals surface area contributed by atoms with E-state index in [1.165, 1.54) is 13.0 Å². The van der Waals surface area contributed by atoms with E-state index >= 15 is 0 Å². The number of carbonyl (C=O) groups excluding carboxylic acids is 1. The van der Waals surface area contributed by atoms with Gasteiger partial charge in [0.2, 0.25) is 5.91 Å². The first kappa shape index (κ1) is 34.2. The zero-order valence-electron chi connectivity index (χ0n) is 26.3. The zero-order chi connectivity index (χ0) is 30.3. The summed E-state index contributed by atoms with van der Waals surface area (Å²) in [6.07, 6.45) is 6.33. The summed E-state index contributed by atoms with van der Waals surface area (Å²) < 4.78 is 40.4. The number of halogens is 1. The largest absolute Gasteiger partial charge is 0.373 e. The van der Waals surface area contributed by atoms with Crippen molar-refractivity contribution in [1.29, 1.82) is 0 Å². The number of benzene rings is 2. The minimum absolute atomic E-state index is 0.0655. The van der Waals surface area contributed by atoms with E-state index in [9.17, 15) is 9.18 Å². The normalized spacial score (nSPS) is 22.3. The lowest BCUT2D eigenvalue weighted by atomic mass is 9.89. The van der Waals surface area contributed by atoms with Crippen LogP contribution in [0.25, 0.3) is 11.1 Å². The van der Waals surface area contributed by atoms with Gasteiger partial charge >= 0.3 is 0 Å². The van der Waals surface area contributed by atoms with Crippen LogP contribution in [-0.2, 0) is 36.6 Å². The SMILES string of the molecule is CCCCO[C@@H]1[C@@H](OCCCC)[C@H](C)O[C@@H](Cc2ccc(CCNC(C)=O)c(-c3cccc(F)c3)c2)[C@@H]1OCCCC. The molecule has 0 saturated carbocycles. The van der Waals surface area contributed by atoms with Gasteiger partial charge in [0.25, 0.3) is 0 Å². The summed E-state index contributed by atoms with van der Waals surface area (Å²) in [6, 6.07) is 13.0. The number of nitrogens with one attached hydrogen (secondary N) is 1. The van der Waals surface area contributed by atoms with Gasteiger partial charge in [-0.15, -0.1) is 0 Å². The maximum absolute atomic E-state index is 14.3. The van der Waals surface area contributed by atoms with Crippen LogP contribution >= 0.6 is 0 Å². The Hall–Kier alpha value is -2.32. The van der Waals surface area contributed by atoms with Gasteiger partial charge in [-0.25, -0.2) is 4.39 Å². The molecule has 3 rings (SSSR count). The molecule has 1 saturated heterocycles. The van der Waals surface area contributed by atoms with Crippen LogP contribution in [0.1, 0.15) is 84.3 Å². The van der Waals surface area contributed by atoms with Crippen LogP contribution in [-0.4, -0.2) is 62.8 Å². The van der Waals surface area contributed by atoms with E-state index in [1.54, 1.807) is 12.1 Å². The van der Waals surface area contributed by atoms with E-state index < -0.39 is 0 Å². The molecule has 0 aromatic heterocycles. The van der Waals surface area contributed by atoms with Crippen LogP contribution in [0.2, 0.25) is 0 Å². The van der Waals surface area contributed by atoms with Gasteiger partial charge in [0.1, 0.15) is 24.1 Å². The Balaban J connectivity index is 1.91. The summed E-state index contributed by atoms with van der Waals surface area (Å²) >= 11 is 0. The maximum Gasteiger partial charge on any atom is 0.216 e. The molecule has 0 bridgehead atoms. The third-order valence-electron chi connectivity index (χ3n) is 7.81. The molecule has 1 aliphatic rings. The molecule has 0 radical (unpaired) electrons. The fraction of sp³-hybridized carbons (Fsp3) is 0.629. The number of hydrogen-bond donors (Lipinski definition) is 1. The maximum atomic E-state index is 14.3. The highest BCUT2D eigenvalue weighted by atomic mass is 19.1. The van der Waals surface area contributed by atoms with E-state index in [0.717, 1.165) is 60.8 Å². The van der Waals surface area contributed by atoms with E-state index in [2.05, 4.69) is 51.2 Å². The molecule has 1 fully saturated rings. The van der Waals surface area contributed by atoms with Crippen molar-refractivity contribution in [3.05, 3.63) is 59.4 Å². The smallest absolute Gasteiger partial charge is 0.216 e. The monoisotopic (exact) mass is 585 g/mol. The summed E-state index contributed by atoms with van der Waals surface area (Å²) in [4.78, 5) is 11.5. The van der Waals surface area contributed by atoms with Crippen LogP contribution in [0.15, 0.2) is 42.5 Å². The fourth-order valence-electron chi connectivity index (χ4n) is 5.47. The Labute approximate surface area is 252 Å². The molecule has 0 unspecified atom stereocenters. The van der Waals surface area contributed by atoms with Crippen LogP contribution in [0, 0.1) is 5.82 Å². The fourth-order valence-corrected chi connectivity index (χ4v) is 5.47. The molecule has 7 heteroatoms. The average molecular weight is 586 g/mol. The quantitative estimate of drug-likeness (QED) is 0.190. The van der Waals surface area contributed by atoms with Crippen molar-refractivity contribution in [3.63, 3.8) is 0 Å². The van der Waals surface area contributed by atoms with Gasteiger partial charge in [0, 0.05) is 39.7 Å². The molecule has 6 nitrogen and oxygen atoms in total. The second-order valence-electron chi connectivity index (χ2n) is 11.4. The predicted molar refractivity (Wildman–Crippen MR) is 166 cm³/mol. The third-order valence-corrected chi connectivity index (χ3v) is 7.81. The van der Waals surface area contributed by atoms with Crippen molar-refractivity contribution >= 4 is 5.91 Å². The van der Waals surface area contributed by atoms with Crippen molar-refractivity contribution in [2.45, 2.75) is 117 Å². The van der Waals surface area contributed by atoms with Gasteiger partial charge in [-0.1, -0.05) is 70.4 Å². The Bertz CT molecular complexity index is 1080. The lowest BCUT2D eigenvalue weighted by molar-refractivity contribution is -0.254. The number of carbonyl (C=O) groups is 1. The Morgan fingerprint density at radius 2 is 1.52 bits per heavy atom. The minimum Gasteiger partial charge on any atom is -0.373 e. The zero-order valence-corrected chi connectivity index (χ0v) is 26.3. The second kappa shape index (κ2) is 18.4. The molecule has 234 valence electrons. The summed E-state index contributed by atoms with van der Waals surface area (Å²) in [5.74, 6) is -0.343. The van der Waals surface area contributed by atoms with Crippen LogP contribution < -0.4 is 5.32 Å². The first-order valence-electron chi connectivity index (χ1n) is 16.0. The molecule has 1 aliphatic heterocycles. The van der Waals surface area contributed by atoms with Gasteiger partial charge < -0.3 is 24.3 Å². The lowest BCUT2D eigenvalue weighted by Crippen LogP contribution is -2.60. The summed E-state index contributed by atoms with van der Waals surface area (Å²) in [6.45, 7) is 12.6. The molecule has 2 aromatic carbocycles. The van der Waals surface area contributed by atoms with Crippen molar-refractivity contribution in [2.24, 2.45) is 0 Å². The molecule has 5 atom stereocenters. The van der Waals surface area contributed by atoms with E-state index in [1.807, 2.05) is 6.07 Å². The average Bonchev–Trinajstić information content (AvgIpc) is 2.96. The molecule has 42 heavy (non-hydrogen) atoms. The Morgan fingerprint density at radius 3 is 2.14 bits per heavy atom. The molecule has 2 aromatic rings. The number of amides is 1. The Morgan fingerprint density at radius 1 is 0.881 bits per heavy atom. The highest BCUT2D eigenvalue weighted by Crippen LogP contribution is 2.32. The molecule has 0 spiro atoms. The van der Waals surface area contributed by atoms with Crippen molar-refractivity contribution in [2.75, 3.05) is 26.4 Å². The first-order chi connectivity index (χ1) is 20.4. The summed E-state index contributed by atoms with van der Waals surface area (Å²) in [5.41, 5.74) is 3.91. The molecule has 1 amide bonds. The van der Waals surface area contributed by atoms with Gasteiger partial charge in [-0.05, 0) is 67.0 Å². The number of unbranched alkanes of at least 4 members (excludes halogenated alkanes) is 3. The number of hydrogen-bond acceptors (Lipinski definition) is 5. The van der Waals surface area contributed by atoms with Crippen molar-refractivity contribution in [3.8, 4) is 11.1 Å². The molecule has 0 aliphatic carbocycles. The number of rotatable bonds is 18. The van der Waals surface area contributed by atoms with Crippen molar-refractivity contribution < 1.29 is 28.1 Å². The standard InChI is InChI=1S/C35H52FNO5/c1-6-9-19-39-33-25(4)42-32(34(40-20-10-7-2)35(33)41-21-11-8-3)23-27-15-16-28(17-18-37-26(5)38)31(22-27)29-13-12-14-30(36)24-29/h12-16,22,24-25,32-35H,6-11,17-21,23H2,1-5H3,(H,37,38)/t25-,32-,33-,34-,35+/m0/s1. The molecular weight excluding hydrogens is 533 g/mol. The van der Waals surface area contributed by atoms with Gasteiger partial charge in [-0.2, -0.15) is 0 Å². The topological polar surface area (TPSA) is 66.0 Å². The van der Waals surface area contributed by atoms with Crippen molar-refractivity contribution in [1.82, 2.24) is 5.32 Å². The van der Waals surface area contributed by atoms with E-state index in [-0.39, 0.29) is 42.2 Å². The van der Waals surface area contributed by atoms with Gasteiger partial charge in [0.15, 0.2) is 0 Å². The first-order valence-corrected chi connectivity index (χ1v) is 16.0. The van der Waals surface area contributed by atoms with Crippen LogP contribution in [0.4, 0.5) is 4.39 Å². The molecular formula is C35H52FNO5. The lowest BCUT2D eigenvalue weighted by Gasteiger charge is -2.45. The summed E-state index contributed by atoms with van der Waals surface area (Å²) in [7, 11) is 0. The molecule has 1 heterocycles. The van der Waals surface area contributed by atoms with E-state index in [4.69, 9.17) is 18.9 Å². The molecule has 1 N–H and O–H groups in total. The highest BCUT2D eigenvalue weighted by Gasteiger charge is 2.46.